The molecule has 0 heterocycles. The molecular weight excluding hydrogens is 319 g/mol. The van der Waals surface area contributed by atoms with Gasteiger partial charge in [0.05, 0.1) is 5.75 Å². The molecule has 0 bridgehead atoms. The predicted molar refractivity (Wildman–Crippen MR) is 100.0 cm³/mol. The van der Waals surface area contributed by atoms with Crippen molar-refractivity contribution < 1.29 is 13.0 Å². The Labute approximate surface area is 164 Å². The molecule has 5 heteroatoms. The Morgan fingerprint density at radius 2 is 1.48 bits per heavy atom. The first-order valence-corrected chi connectivity index (χ1v) is 10.1. The van der Waals surface area contributed by atoms with Gasteiger partial charge < -0.3 is 0 Å². The normalized spacial score (nSPS) is 12.6. The van der Waals surface area contributed by atoms with Crippen molar-refractivity contribution >= 4 is 39.7 Å². The summed E-state index contributed by atoms with van der Waals surface area (Å²) in [6.07, 6.45) is 10.1. The van der Waals surface area contributed by atoms with Gasteiger partial charge in [0.1, 0.15) is 0 Å². The fraction of sp³-hybridized carbons (Fsp3) is 0.667. The maximum absolute atomic E-state index is 10.9. The first-order valence-electron chi connectivity index (χ1n) is 8.53. The van der Waals surface area contributed by atoms with E-state index in [1.165, 1.54) is 44.1 Å². The average molecular weight is 350 g/mol. The van der Waals surface area contributed by atoms with Crippen LogP contribution in [0.15, 0.2) is 30.3 Å². The van der Waals surface area contributed by atoms with E-state index in [-0.39, 0.29) is 35.3 Å². The number of hydrogen-bond acceptors (Lipinski definition) is 2. The molecule has 0 aliphatic heterocycles. The summed E-state index contributed by atoms with van der Waals surface area (Å²) < 4.78 is 30.6. The molecule has 0 aliphatic rings. The third kappa shape index (κ3) is 12.2. The van der Waals surface area contributed by atoms with E-state index in [1.807, 2.05) is 18.2 Å². The quantitative estimate of drug-likeness (QED) is 0.342. The second-order valence-electron chi connectivity index (χ2n) is 6.09. The number of rotatable bonds is 12. The van der Waals surface area contributed by atoms with Crippen LogP contribution in [0.3, 0.4) is 0 Å². The minimum atomic E-state index is -3.84. The van der Waals surface area contributed by atoms with Crippen molar-refractivity contribution in [1.29, 1.82) is 0 Å². The molecule has 128 valence electrons. The van der Waals surface area contributed by atoms with Crippen molar-refractivity contribution in [3.05, 3.63) is 35.9 Å². The van der Waals surface area contributed by atoms with E-state index >= 15 is 0 Å². The van der Waals surface area contributed by atoms with Crippen LogP contribution in [-0.2, 0) is 10.1 Å². The van der Waals surface area contributed by atoms with E-state index in [2.05, 4.69) is 19.1 Å². The van der Waals surface area contributed by atoms with Crippen molar-refractivity contribution in [2.45, 2.75) is 70.6 Å². The molecule has 0 saturated carbocycles. The van der Waals surface area contributed by atoms with Gasteiger partial charge in [-0.25, -0.2) is 0 Å². The van der Waals surface area contributed by atoms with Crippen LogP contribution in [0.1, 0.15) is 76.2 Å². The van der Waals surface area contributed by atoms with Crippen molar-refractivity contribution in [1.82, 2.24) is 0 Å². The van der Waals surface area contributed by atoms with Crippen LogP contribution in [0.4, 0.5) is 0 Å². The maximum atomic E-state index is 10.9. The van der Waals surface area contributed by atoms with Gasteiger partial charge in [-0.1, -0.05) is 75.8 Å². The van der Waals surface area contributed by atoms with Gasteiger partial charge in [-0.2, -0.15) is 8.42 Å². The first-order chi connectivity index (χ1) is 10.5. The molecule has 1 aromatic carbocycles. The van der Waals surface area contributed by atoms with Crippen LogP contribution in [0.25, 0.3) is 0 Å². The van der Waals surface area contributed by atoms with Gasteiger partial charge in [0.2, 0.25) is 0 Å². The number of benzene rings is 1. The monoisotopic (exact) mass is 350 g/mol. The van der Waals surface area contributed by atoms with Crippen LogP contribution in [-0.4, -0.2) is 48.3 Å². The van der Waals surface area contributed by atoms with Gasteiger partial charge in [0, 0.05) is 0 Å². The number of hydrogen-bond donors (Lipinski definition) is 1. The predicted octanol–water partition coefficient (Wildman–Crippen LogP) is 4.54. The molecule has 3 nitrogen and oxygen atoms in total. The molecule has 0 radical (unpaired) electrons. The molecule has 1 unspecified atom stereocenters. The zero-order valence-electron chi connectivity index (χ0n) is 13.7. The first kappa shape index (κ1) is 23.1. The summed E-state index contributed by atoms with van der Waals surface area (Å²) >= 11 is 0. The van der Waals surface area contributed by atoms with E-state index in [4.69, 9.17) is 4.55 Å². The summed E-state index contributed by atoms with van der Waals surface area (Å²) in [6.45, 7) is 2.22. The molecule has 0 amide bonds. The molecule has 0 aromatic heterocycles. The van der Waals surface area contributed by atoms with Gasteiger partial charge in [-0.15, -0.1) is 0 Å². The zero-order chi connectivity index (χ0) is 16.3. The number of unbranched alkanes of at least 4 members (excludes halogenated alkanes) is 5. The molecule has 1 atom stereocenters. The Balaban J connectivity index is 0.00000484. The van der Waals surface area contributed by atoms with E-state index in [9.17, 15) is 8.42 Å². The van der Waals surface area contributed by atoms with E-state index in [1.54, 1.807) is 0 Å². The van der Waals surface area contributed by atoms with Gasteiger partial charge >= 0.3 is 29.6 Å². The van der Waals surface area contributed by atoms with Crippen molar-refractivity contribution in [2.75, 3.05) is 5.75 Å². The summed E-state index contributed by atoms with van der Waals surface area (Å²) in [6, 6.07) is 10.3. The van der Waals surface area contributed by atoms with Gasteiger partial charge in [-0.05, 0) is 30.7 Å². The fourth-order valence-corrected chi connectivity index (χ4v) is 3.42. The van der Waals surface area contributed by atoms with Crippen molar-refractivity contribution in [2.24, 2.45) is 0 Å². The SMILES string of the molecule is CCCCCCCCC(CCCS(=O)(=O)O)c1ccccc1.[NaH]. The zero-order valence-corrected chi connectivity index (χ0v) is 14.5. The molecule has 0 saturated heterocycles. The Hall–Kier alpha value is 0.130. The minimum absolute atomic E-state index is 0. The molecule has 0 fully saturated rings. The molecule has 0 aliphatic carbocycles. The van der Waals surface area contributed by atoms with Crippen molar-refractivity contribution in [3.63, 3.8) is 0 Å². The Morgan fingerprint density at radius 1 is 0.913 bits per heavy atom. The molecule has 23 heavy (non-hydrogen) atoms. The summed E-state index contributed by atoms with van der Waals surface area (Å²) in [7, 11) is -3.84. The third-order valence-corrected chi connectivity index (χ3v) is 4.94. The van der Waals surface area contributed by atoms with Gasteiger partial charge in [0.15, 0.2) is 0 Å². The standard InChI is InChI=1S/C18H30O3S.Na.H/c1-2-3-4-5-6-8-12-18(15-11-16-22(19,20)21)17-13-9-7-10-14-17;;/h7,9-10,13-14,18H,2-6,8,11-12,15-16H2,1H3,(H,19,20,21);;. The summed E-state index contributed by atoms with van der Waals surface area (Å²) in [4.78, 5) is 0. The van der Waals surface area contributed by atoms with Crippen LogP contribution in [0, 0.1) is 0 Å². The Bertz CT molecular complexity index is 488. The molecular formula is C18H31NaO3S. The van der Waals surface area contributed by atoms with Gasteiger partial charge in [0.25, 0.3) is 10.1 Å². The third-order valence-electron chi connectivity index (χ3n) is 4.13. The van der Waals surface area contributed by atoms with E-state index < -0.39 is 10.1 Å². The second-order valence-corrected chi connectivity index (χ2v) is 7.66. The van der Waals surface area contributed by atoms with Crippen LogP contribution >= 0.6 is 0 Å². The molecule has 1 rings (SSSR count). The topological polar surface area (TPSA) is 54.4 Å². The Kier molecular flexibility index (Phi) is 13.5. The van der Waals surface area contributed by atoms with Gasteiger partial charge in [-0.3, -0.25) is 4.55 Å². The molecule has 0 spiro atoms. The molecule has 1 aromatic rings. The second kappa shape index (κ2) is 13.4. The van der Waals surface area contributed by atoms with E-state index in [0.29, 0.717) is 12.3 Å². The molecule has 1 N–H and O–H groups in total. The van der Waals surface area contributed by atoms with Crippen LogP contribution in [0.5, 0.6) is 0 Å². The van der Waals surface area contributed by atoms with Crippen LogP contribution < -0.4 is 0 Å². The van der Waals surface area contributed by atoms with Crippen molar-refractivity contribution in [3.8, 4) is 0 Å². The summed E-state index contributed by atoms with van der Waals surface area (Å²) in [5.41, 5.74) is 1.28. The summed E-state index contributed by atoms with van der Waals surface area (Å²) in [5, 5.41) is 0. The fourth-order valence-electron chi connectivity index (χ4n) is 2.89. The Morgan fingerprint density at radius 3 is 2.09 bits per heavy atom. The summed E-state index contributed by atoms with van der Waals surface area (Å²) in [5.74, 6) is 0.265. The van der Waals surface area contributed by atoms with Crippen LogP contribution in [0.2, 0.25) is 0 Å². The van der Waals surface area contributed by atoms with E-state index in [0.717, 1.165) is 12.8 Å². The average Bonchev–Trinajstić information content (AvgIpc) is 2.48.